The Hall–Kier alpha value is -1.95. The molecule has 0 fully saturated rings. The topological polar surface area (TPSA) is 126 Å². The van der Waals surface area contributed by atoms with Crippen molar-refractivity contribution in [2.45, 2.75) is 51.7 Å². The normalized spacial score (nSPS) is 12.2. The number of carboxylic acid groups (broad SMARTS) is 1. The standard InChI is InChI=1S/C11H20N4O4/c1-11(2,3)19-10(18)13-7-5-4-6-8(9(16)17)14-15-12/h8,12H,4-7H2,1-3H3,(H-,13,16,17,18)/p+1. The zero-order chi connectivity index (χ0) is 14.9. The third kappa shape index (κ3) is 9.72. The van der Waals surface area contributed by atoms with Gasteiger partial charge in [-0.2, -0.15) is 0 Å². The van der Waals surface area contributed by atoms with E-state index in [1.807, 2.05) is 0 Å². The maximum Gasteiger partial charge on any atom is 0.407 e. The van der Waals surface area contributed by atoms with Crippen LogP contribution < -0.4 is 10.2 Å². The Kier molecular flexibility index (Phi) is 7.36. The molecule has 1 amide bonds. The van der Waals surface area contributed by atoms with Gasteiger partial charge in [0.1, 0.15) is 16.2 Å². The molecular formula is C11H21N4O4+. The average molecular weight is 273 g/mol. The fraction of sp³-hybridized carbons (Fsp3) is 0.818. The smallest absolute Gasteiger partial charge is 0.407 e. The van der Waals surface area contributed by atoms with Crippen LogP contribution in [0.5, 0.6) is 0 Å². The highest BCUT2D eigenvalue weighted by molar-refractivity contribution is 5.73. The summed E-state index contributed by atoms with van der Waals surface area (Å²) in [6.07, 6.45) is 0.962. The van der Waals surface area contributed by atoms with Crippen LogP contribution >= 0.6 is 0 Å². The lowest BCUT2D eigenvalue weighted by Crippen LogP contribution is -2.33. The molecule has 19 heavy (non-hydrogen) atoms. The summed E-state index contributed by atoms with van der Waals surface area (Å²) in [4.78, 5) is 24.7. The fourth-order valence-corrected chi connectivity index (χ4v) is 1.27. The molecule has 0 radical (unpaired) electrons. The van der Waals surface area contributed by atoms with Crippen molar-refractivity contribution < 1.29 is 19.4 Å². The van der Waals surface area contributed by atoms with Crippen LogP contribution in [0.1, 0.15) is 40.0 Å². The van der Waals surface area contributed by atoms with E-state index in [0.717, 1.165) is 0 Å². The van der Waals surface area contributed by atoms with Gasteiger partial charge in [-0.25, -0.2) is 9.59 Å². The number of unbranched alkanes of at least 4 members (excludes halogenated alkanes) is 1. The molecule has 0 spiro atoms. The Balaban J connectivity index is 3.78. The summed E-state index contributed by atoms with van der Waals surface area (Å²) < 4.78 is 5.04. The Morgan fingerprint density at radius 3 is 2.53 bits per heavy atom. The molecule has 0 saturated carbocycles. The number of aliphatic carboxylic acids is 1. The second-order valence-corrected chi connectivity index (χ2v) is 4.99. The van der Waals surface area contributed by atoms with Gasteiger partial charge in [-0.1, -0.05) is 0 Å². The summed E-state index contributed by atoms with van der Waals surface area (Å²) in [5.41, 5.74) is 5.97. The molecule has 0 heterocycles. The minimum atomic E-state index is -1.10. The summed E-state index contributed by atoms with van der Waals surface area (Å²) in [6, 6.07) is -0.987. The van der Waals surface area contributed by atoms with Gasteiger partial charge in [0.25, 0.3) is 0 Å². The third-order valence-corrected chi connectivity index (χ3v) is 2.05. The Bertz CT molecular complexity index is 356. The molecule has 0 aromatic rings. The zero-order valence-corrected chi connectivity index (χ0v) is 11.5. The molecule has 0 aliphatic heterocycles. The van der Waals surface area contributed by atoms with Crippen molar-refractivity contribution in [2.24, 2.45) is 5.11 Å². The summed E-state index contributed by atoms with van der Waals surface area (Å²) in [5.74, 6) is -1.10. The largest absolute Gasteiger partial charge is 0.479 e. The van der Waals surface area contributed by atoms with E-state index < -0.39 is 23.7 Å². The number of carbonyl (C=O) groups excluding carboxylic acids is 1. The van der Waals surface area contributed by atoms with Crippen LogP contribution in [0, 0.1) is 5.53 Å². The van der Waals surface area contributed by atoms with E-state index in [9.17, 15) is 9.59 Å². The van der Waals surface area contributed by atoms with E-state index in [-0.39, 0.29) is 6.42 Å². The first-order valence-electron chi connectivity index (χ1n) is 6.02. The van der Waals surface area contributed by atoms with Crippen LogP contribution in [-0.4, -0.2) is 35.4 Å². The van der Waals surface area contributed by atoms with Crippen LogP contribution in [0.2, 0.25) is 0 Å². The minimum absolute atomic E-state index is 0.285. The molecule has 8 nitrogen and oxygen atoms in total. The van der Waals surface area contributed by atoms with Crippen molar-refractivity contribution in [2.75, 3.05) is 6.54 Å². The molecule has 1 unspecified atom stereocenters. The first kappa shape index (κ1) is 17.1. The van der Waals surface area contributed by atoms with Crippen molar-refractivity contribution in [1.29, 1.82) is 5.53 Å². The van der Waals surface area contributed by atoms with Gasteiger partial charge in [0.15, 0.2) is 0 Å². The molecule has 0 aromatic carbocycles. The van der Waals surface area contributed by atoms with E-state index in [0.29, 0.717) is 19.4 Å². The number of carbonyl (C=O) groups is 2. The lowest BCUT2D eigenvalue weighted by atomic mass is 10.1. The zero-order valence-electron chi connectivity index (χ0n) is 11.5. The molecule has 1 atom stereocenters. The number of nitrogens with one attached hydrogen (secondary N) is 2. The molecule has 8 heteroatoms. The maximum absolute atomic E-state index is 11.3. The first-order chi connectivity index (χ1) is 8.76. The van der Waals surface area contributed by atoms with Gasteiger partial charge in [0.05, 0.1) is 0 Å². The minimum Gasteiger partial charge on any atom is -0.479 e. The van der Waals surface area contributed by atoms with Gasteiger partial charge >= 0.3 is 12.1 Å². The Morgan fingerprint density at radius 2 is 2.05 bits per heavy atom. The Morgan fingerprint density at radius 1 is 1.42 bits per heavy atom. The monoisotopic (exact) mass is 273 g/mol. The quantitative estimate of drug-likeness (QED) is 0.370. The summed E-state index contributed by atoms with van der Waals surface area (Å²) >= 11 is 0. The molecule has 0 aliphatic carbocycles. The van der Waals surface area contributed by atoms with Crippen LogP contribution in [0.25, 0.3) is 0 Å². The van der Waals surface area contributed by atoms with Gasteiger partial charge in [-0.05, 0) is 40.0 Å². The van der Waals surface area contributed by atoms with Gasteiger partial charge in [0, 0.05) is 6.54 Å². The highest BCUT2D eigenvalue weighted by Crippen LogP contribution is 2.07. The number of hydrogen-bond donors (Lipinski definition) is 3. The maximum atomic E-state index is 11.3. The number of nitrogens with zero attached hydrogens (tertiary/aromatic N) is 2. The van der Waals surface area contributed by atoms with Crippen LogP contribution in [-0.2, 0) is 9.53 Å². The van der Waals surface area contributed by atoms with Crippen LogP contribution in [0.4, 0.5) is 4.79 Å². The van der Waals surface area contributed by atoms with Gasteiger partial charge in [-0.15, -0.1) is 0 Å². The SMILES string of the molecule is CC(C)(C)OC(=O)NCCCCC(N=[N+]=N)C(=O)O. The Labute approximate surface area is 111 Å². The molecule has 108 valence electrons. The number of ether oxygens (including phenoxy) is 1. The fourth-order valence-electron chi connectivity index (χ4n) is 1.27. The molecule has 0 rings (SSSR count). The number of alkyl carbamates (subject to hydrolysis) is 1. The van der Waals surface area contributed by atoms with E-state index in [4.69, 9.17) is 15.4 Å². The van der Waals surface area contributed by atoms with Gasteiger partial charge < -0.3 is 15.2 Å². The predicted octanol–water partition coefficient (Wildman–Crippen LogP) is 1.68. The number of carboxylic acids is 1. The third-order valence-electron chi connectivity index (χ3n) is 2.05. The average Bonchev–Trinajstić information content (AvgIpc) is 2.24. The van der Waals surface area contributed by atoms with E-state index in [2.05, 4.69) is 15.3 Å². The van der Waals surface area contributed by atoms with Gasteiger partial charge in [0.2, 0.25) is 11.0 Å². The number of hydrogen-bond acceptors (Lipinski definition) is 5. The predicted molar refractivity (Wildman–Crippen MR) is 66.8 cm³/mol. The molecule has 0 aromatic heterocycles. The number of amides is 1. The molecular weight excluding hydrogens is 252 g/mol. The first-order valence-corrected chi connectivity index (χ1v) is 6.02. The molecule has 0 aliphatic rings. The second-order valence-electron chi connectivity index (χ2n) is 4.99. The summed E-state index contributed by atoms with van der Waals surface area (Å²) in [7, 11) is 0. The van der Waals surface area contributed by atoms with E-state index >= 15 is 0 Å². The van der Waals surface area contributed by atoms with Crippen molar-refractivity contribution >= 4 is 12.1 Å². The second kappa shape index (κ2) is 8.20. The van der Waals surface area contributed by atoms with Gasteiger partial charge in [-0.3, -0.25) is 0 Å². The van der Waals surface area contributed by atoms with Crippen molar-refractivity contribution in [3.63, 3.8) is 0 Å². The molecule has 3 N–H and O–H groups in total. The summed E-state index contributed by atoms with van der Waals surface area (Å²) in [6.45, 7) is 5.72. The highest BCUT2D eigenvalue weighted by atomic mass is 16.6. The highest BCUT2D eigenvalue weighted by Gasteiger charge is 2.21. The lowest BCUT2D eigenvalue weighted by Gasteiger charge is -2.19. The number of rotatable bonds is 7. The van der Waals surface area contributed by atoms with Crippen molar-refractivity contribution in [1.82, 2.24) is 10.2 Å². The lowest BCUT2D eigenvalue weighted by molar-refractivity contribution is -0.138. The van der Waals surface area contributed by atoms with Crippen molar-refractivity contribution in [3.05, 3.63) is 0 Å². The van der Waals surface area contributed by atoms with Crippen LogP contribution in [0.3, 0.4) is 0 Å². The van der Waals surface area contributed by atoms with E-state index in [1.165, 1.54) is 0 Å². The molecule has 0 bridgehead atoms. The molecule has 0 saturated heterocycles. The van der Waals surface area contributed by atoms with Crippen LogP contribution in [0.15, 0.2) is 5.11 Å². The summed E-state index contributed by atoms with van der Waals surface area (Å²) in [5, 5.41) is 14.6. The van der Waals surface area contributed by atoms with E-state index in [1.54, 1.807) is 20.8 Å². The van der Waals surface area contributed by atoms with Crippen molar-refractivity contribution in [3.8, 4) is 0 Å².